The highest BCUT2D eigenvalue weighted by molar-refractivity contribution is 5.96. The topological polar surface area (TPSA) is 32.8 Å². The Bertz CT molecular complexity index is 724. The minimum absolute atomic E-state index is 0.0796. The SMILES string of the molecule is CCOC1=C[C@H]2[C@H](C)CN3C(=O)N(C)c4ccccc4[C@]23C=C1. The Morgan fingerprint density at radius 3 is 2.91 bits per heavy atom. The highest BCUT2D eigenvalue weighted by Crippen LogP contribution is 2.55. The summed E-state index contributed by atoms with van der Waals surface area (Å²) in [5.41, 5.74) is 1.84. The molecular formula is C19H22N2O2. The molecule has 0 radical (unpaired) electrons. The van der Waals surface area contributed by atoms with Crippen LogP contribution in [-0.2, 0) is 10.3 Å². The highest BCUT2D eigenvalue weighted by Gasteiger charge is 2.58. The summed E-state index contributed by atoms with van der Waals surface area (Å²) in [6.07, 6.45) is 6.42. The number of rotatable bonds is 2. The summed E-state index contributed by atoms with van der Waals surface area (Å²) in [4.78, 5) is 16.7. The lowest BCUT2D eigenvalue weighted by atomic mass is 9.71. The quantitative estimate of drug-likeness (QED) is 0.837. The van der Waals surface area contributed by atoms with Crippen LogP contribution >= 0.6 is 0 Å². The van der Waals surface area contributed by atoms with E-state index in [2.05, 4.69) is 31.2 Å². The number of para-hydroxylation sites is 1. The maximum Gasteiger partial charge on any atom is 0.325 e. The Morgan fingerprint density at radius 1 is 1.35 bits per heavy atom. The molecule has 2 amide bonds. The van der Waals surface area contributed by atoms with Gasteiger partial charge >= 0.3 is 6.03 Å². The first-order valence-corrected chi connectivity index (χ1v) is 8.28. The molecule has 3 aliphatic rings. The van der Waals surface area contributed by atoms with Crippen molar-refractivity contribution >= 4 is 11.7 Å². The second-order valence-corrected chi connectivity index (χ2v) is 6.63. The van der Waals surface area contributed by atoms with Gasteiger partial charge in [-0.2, -0.15) is 0 Å². The first-order valence-electron chi connectivity index (χ1n) is 8.28. The molecule has 0 aromatic heterocycles. The van der Waals surface area contributed by atoms with E-state index in [1.807, 2.05) is 37.1 Å². The molecule has 0 N–H and O–H groups in total. The van der Waals surface area contributed by atoms with Crippen LogP contribution in [0.2, 0.25) is 0 Å². The number of nitrogens with zero attached hydrogens (tertiary/aromatic N) is 2. The number of amides is 2. The molecule has 0 unspecified atom stereocenters. The first kappa shape index (κ1) is 14.4. The fraction of sp³-hybridized carbons (Fsp3) is 0.421. The van der Waals surface area contributed by atoms with Gasteiger partial charge in [0.05, 0.1) is 17.8 Å². The van der Waals surface area contributed by atoms with Crippen molar-refractivity contribution in [2.45, 2.75) is 19.4 Å². The summed E-state index contributed by atoms with van der Waals surface area (Å²) in [7, 11) is 1.86. The van der Waals surface area contributed by atoms with Gasteiger partial charge in [0.2, 0.25) is 0 Å². The molecule has 4 nitrogen and oxygen atoms in total. The average Bonchev–Trinajstić information content (AvgIpc) is 2.87. The molecule has 120 valence electrons. The molecular weight excluding hydrogens is 288 g/mol. The van der Waals surface area contributed by atoms with Crippen LogP contribution < -0.4 is 4.90 Å². The zero-order chi connectivity index (χ0) is 16.2. The number of hydrogen-bond donors (Lipinski definition) is 0. The Labute approximate surface area is 137 Å². The lowest BCUT2D eigenvalue weighted by molar-refractivity contribution is 0.155. The van der Waals surface area contributed by atoms with Gasteiger partial charge in [-0.25, -0.2) is 4.79 Å². The lowest BCUT2D eigenvalue weighted by Crippen LogP contribution is -2.56. The zero-order valence-corrected chi connectivity index (χ0v) is 13.8. The van der Waals surface area contributed by atoms with Crippen molar-refractivity contribution in [1.29, 1.82) is 0 Å². The second-order valence-electron chi connectivity index (χ2n) is 6.63. The normalized spacial score (nSPS) is 31.4. The molecule has 4 heteroatoms. The van der Waals surface area contributed by atoms with Crippen LogP contribution in [0.15, 0.2) is 48.3 Å². The van der Waals surface area contributed by atoms with Crippen LogP contribution in [0.5, 0.6) is 0 Å². The molecule has 4 rings (SSSR count). The van der Waals surface area contributed by atoms with Gasteiger partial charge in [0.15, 0.2) is 0 Å². The summed E-state index contributed by atoms with van der Waals surface area (Å²) >= 11 is 0. The molecule has 3 atom stereocenters. The molecule has 23 heavy (non-hydrogen) atoms. The molecule has 0 saturated carbocycles. The number of benzene rings is 1. The number of carbonyl (C=O) groups is 1. The van der Waals surface area contributed by atoms with Crippen molar-refractivity contribution < 1.29 is 9.53 Å². The van der Waals surface area contributed by atoms with Gasteiger partial charge in [0.1, 0.15) is 5.76 Å². The van der Waals surface area contributed by atoms with Crippen molar-refractivity contribution in [3.05, 3.63) is 53.8 Å². The van der Waals surface area contributed by atoms with Crippen LogP contribution in [0, 0.1) is 11.8 Å². The van der Waals surface area contributed by atoms with E-state index in [9.17, 15) is 4.79 Å². The Hall–Kier alpha value is -2.23. The van der Waals surface area contributed by atoms with Crippen molar-refractivity contribution in [3.63, 3.8) is 0 Å². The predicted octanol–water partition coefficient (Wildman–Crippen LogP) is 3.51. The Balaban J connectivity index is 1.92. The molecule has 1 aromatic rings. The van der Waals surface area contributed by atoms with E-state index in [4.69, 9.17) is 4.74 Å². The summed E-state index contributed by atoms with van der Waals surface area (Å²) in [5, 5.41) is 0. The fourth-order valence-corrected chi connectivity index (χ4v) is 4.40. The van der Waals surface area contributed by atoms with E-state index in [0.717, 1.165) is 18.0 Å². The number of urea groups is 1. The molecule has 0 bridgehead atoms. The minimum atomic E-state index is -0.375. The summed E-state index contributed by atoms with van der Waals surface area (Å²) < 4.78 is 5.71. The molecule has 1 aromatic carbocycles. The fourth-order valence-electron chi connectivity index (χ4n) is 4.40. The Kier molecular flexibility index (Phi) is 3.05. The summed E-state index contributed by atoms with van der Waals surface area (Å²) in [5.74, 6) is 1.55. The smallest absolute Gasteiger partial charge is 0.325 e. The van der Waals surface area contributed by atoms with Crippen LogP contribution in [-0.4, -0.2) is 31.1 Å². The van der Waals surface area contributed by atoms with Crippen molar-refractivity contribution in [2.75, 3.05) is 25.1 Å². The van der Waals surface area contributed by atoms with E-state index in [1.54, 1.807) is 4.90 Å². The van der Waals surface area contributed by atoms with E-state index in [1.165, 1.54) is 5.56 Å². The minimum Gasteiger partial charge on any atom is -0.494 e. The molecule has 1 saturated heterocycles. The number of carbonyl (C=O) groups excluding carboxylic acids is 1. The summed E-state index contributed by atoms with van der Waals surface area (Å²) in [6, 6.07) is 8.33. The number of fused-ring (bicyclic) bond motifs is 1. The van der Waals surface area contributed by atoms with Gasteiger partial charge in [-0.05, 0) is 31.1 Å². The van der Waals surface area contributed by atoms with Crippen molar-refractivity contribution in [3.8, 4) is 0 Å². The maximum atomic E-state index is 12.9. The van der Waals surface area contributed by atoms with E-state index >= 15 is 0 Å². The average molecular weight is 310 g/mol. The van der Waals surface area contributed by atoms with Crippen LogP contribution in [0.4, 0.5) is 10.5 Å². The molecule has 1 fully saturated rings. The van der Waals surface area contributed by atoms with Gasteiger partial charge in [0, 0.05) is 25.1 Å². The number of anilines is 1. The maximum absolute atomic E-state index is 12.9. The van der Waals surface area contributed by atoms with Crippen molar-refractivity contribution in [2.24, 2.45) is 11.8 Å². The molecule has 1 spiro atoms. The summed E-state index contributed by atoms with van der Waals surface area (Å²) in [6.45, 7) is 5.65. The van der Waals surface area contributed by atoms with Gasteiger partial charge in [-0.1, -0.05) is 31.2 Å². The lowest BCUT2D eigenvalue weighted by Gasteiger charge is -2.48. The van der Waals surface area contributed by atoms with Crippen molar-refractivity contribution in [1.82, 2.24) is 4.90 Å². The third-order valence-corrected chi connectivity index (χ3v) is 5.41. The molecule has 1 aliphatic carbocycles. The van der Waals surface area contributed by atoms with Crippen LogP contribution in [0.3, 0.4) is 0 Å². The number of allylic oxidation sites excluding steroid dienone is 1. The van der Waals surface area contributed by atoms with E-state index in [-0.39, 0.29) is 17.5 Å². The van der Waals surface area contributed by atoms with Crippen LogP contribution in [0.25, 0.3) is 0 Å². The Morgan fingerprint density at radius 2 is 2.13 bits per heavy atom. The standard InChI is InChI=1S/C19H22N2O2/c1-4-23-14-9-10-19-15-7-5-6-8-17(15)20(3)18(22)21(19)12-13(2)16(19)11-14/h5-11,13,16H,4,12H2,1-3H3/t13-,16+,19-/m1/s1. The third-order valence-electron chi connectivity index (χ3n) is 5.41. The molecule has 2 aliphatic heterocycles. The monoisotopic (exact) mass is 310 g/mol. The predicted molar refractivity (Wildman–Crippen MR) is 90.1 cm³/mol. The van der Waals surface area contributed by atoms with E-state index in [0.29, 0.717) is 12.5 Å². The zero-order valence-electron chi connectivity index (χ0n) is 13.8. The highest BCUT2D eigenvalue weighted by atomic mass is 16.5. The van der Waals surface area contributed by atoms with Gasteiger partial charge in [-0.3, -0.25) is 4.90 Å². The van der Waals surface area contributed by atoms with Gasteiger partial charge < -0.3 is 9.64 Å². The second kappa shape index (κ2) is 4.88. The third kappa shape index (κ3) is 1.75. The number of hydrogen-bond acceptors (Lipinski definition) is 2. The largest absolute Gasteiger partial charge is 0.494 e. The first-order chi connectivity index (χ1) is 11.1. The molecule has 2 heterocycles. The number of ether oxygens (including phenoxy) is 1. The van der Waals surface area contributed by atoms with Gasteiger partial charge in [-0.15, -0.1) is 0 Å². The van der Waals surface area contributed by atoms with Crippen LogP contribution in [0.1, 0.15) is 19.4 Å². The van der Waals surface area contributed by atoms with E-state index < -0.39 is 0 Å². The van der Waals surface area contributed by atoms with Gasteiger partial charge in [0.25, 0.3) is 0 Å².